The summed E-state index contributed by atoms with van der Waals surface area (Å²) in [6, 6.07) is 21.0. The number of hydrogen-bond donors (Lipinski definition) is 1. The number of nitrogens with one attached hydrogen (secondary N) is 1. The van der Waals surface area contributed by atoms with Crippen molar-refractivity contribution in [2.24, 2.45) is 0 Å². The third kappa shape index (κ3) is 8.72. The van der Waals surface area contributed by atoms with E-state index in [1.54, 1.807) is 12.1 Å². The molecule has 0 fully saturated rings. The number of ether oxygens (including phenoxy) is 2. The highest BCUT2D eigenvalue weighted by Crippen LogP contribution is 2.34. The second-order valence-corrected chi connectivity index (χ2v) is 12.0. The van der Waals surface area contributed by atoms with Gasteiger partial charge in [-0.15, -0.1) is 0 Å². The Morgan fingerprint density at radius 3 is 2.26 bits per heavy atom. The highest BCUT2D eigenvalue weighted by atomic mass is 32.2. The van der Waals surface area contributed by atoms with E-state index >= 15 is 0 Å². The SMILES string of the molecule is CCCCNC(=O)[C@H](Cc1ccccc1)N(Cc1ccccc1C)C(=O)CN(c1cc(OC)ccc1OC)S(C)(=O)=O. The van der Waals surface area contributed by atoms with Crippen LogP contribution in [0.4, 0.5) is 5.69 Å². The second-order valence-electron chi connectivity index (χ2n) is 10.1. The van der Waals surface area contributed by atoms with Crippen LogP contribution in [0.5, 0.6) is 11.5 Å². The van der Waals surface area contributed by atoms with Crippen molar-refractivity contribution in [3.8, 4) is 11.5 Å². The fourth-order valence-corrected chi connectivity index (χ4v) is 5.46. The molecule has 3 aromatic rings. The molecule has 0 saturated heterocycles. The summed E-state index contributed by atoms with van der Waals surface area (Å²) < 4.78 is 38.0. The Labute approximate surface area is 249 Å². The lowest BCUT2D eigenvalue weighted by atomic mass is 10.0. The van der Waals surface area contributed by atoms with E-state index in [0.29, 0.717) is 12.3 Å². The van der Waals surface area contributed by atoms with Gasteiger partial charge >= 0.3 is 0 Å². The number of rotatable bonds is 15. The van der Waals surface area contributed by atoms with Crippen molar-refractivity contribution >= 4 is 27.5 Å². The van der Waals surface area contributed by atoms with E-state index in [0.717, 1.165) is 40.1 Å². The first-order valence-electron chi connectivity index (χ1n) is 13.9. The number of carbonyl (C=O) groups excluding carboxylic acids is 2. The van der Waals surface area contributed by atoms with Crippen LogP contribution in [0.25, 0.3) is 0 Å². The van der Waals surface area contributed by atoms with Gasteiger partial charge in [0.05, 0.1) is 26.2 Å². The molecule has 0 aromatic heterocycles. The largest absolute Gasteiger partial charge is 0.497 e. The van der Waals surface area contributed by atoms with Gasteiger partial charge in [-0.1, -0.05) is 67.9 Å². The summed E-state index contributed by atoms with van der Waals surface area (Å²) in [5.74, 6) is -0.155. The van der Waals surface area contributed by atoms with Gasteiger partial charge in [0, 0.05) is 25.6 Å². The normalized spacial score (nSPS) is 11.8. The third-order valence-electron chi connectivity index (χ3n) is 7.04. The maximum atomic E-state index is 14.3. The zero-order valence-electron chi connectivity index (χ0n) is 25.0. The fraction of sp³-hybridized carbons (Fsp3) is 0.375. The first-order valence-corrected chi connectivity index (χ1v) is 15.8. The summed E-state index contributed by atoms with van der Waals surface area (Å²) in [6.07, 6.45) is 3.00. The minimum atomic E-state index is -3.96. The minimum Gasteiger partial charge on any atom is -0.497 e. The molecule has 0 aliphatic heterocycles. The fourth-order valence-electron chi connectivity index (χ4n) is 4.62. The van der Waals surface area contributed by atoms with E-state index < -0.39 is 28.5 Å². The number of carbonyl (C=O) groups is 2. The molecule has 1 N–H and O–H groups in total. The maximum Gasteiger partial charge on any atom is 0.244 e. The van der Waals surface area contributed by atoms with E-state index in [1.807, 2.05) is 68.4 Å². The van der Waals surface area contributed by atoms with Crippen molar-refractivity contribution in [1.29, 1.82) is 0 Å². The number of benzene rings is 3. The van der Waals surface area contributed by atoms with Gasteiger partial charge in [-0.3, -0.25) is 13.9 Å². The van der Waals surface area contributed by atoms with Gasteiger partial charge in [0.15, 0.2) is 0 Å². The first kappa shape index (κ1) is 32.5. The van der Waals surface area contributed by atoms with Gasteiger partial charge in [-0.2, -0.15) is 0 Å². The lowest BCUT2D eigenvalue weighted by Crippen LogP contribution is -2.53. The van der Waals surface area contributed by atoms with E-state index in [4.69, 9.17) is 9.47 Å². The smallest absolute Gasteiger partial charge is 0.244 e. The van der Waals surface area contributed by atoms with Crippen LogP contribution in [0.3, 0.4) is 0 Å². The average Bonchev–Trinajstić information content (AvgIpc) is 2.98. The molecule has 0 saturated carbocycles. The highest BCUT2D eigenvalue weighted by molar-refractivity contribution is 7.92. The zero-order valence-corrected chi connectivity index (χ0v) is 25.8. The standard InChI is InChI=1S/C32H41N3O6S/c1-6-7-19-33-32(37)29(20-25-14-9-8-10-15-25)34(22-26-16-12-11-13-24(26)2)31(36)23-35(42(5,38)39)28-21-27(40-3)17-18-30(28)41-4/h8-18,21,29H,6-7,19-20,22-23H2,1-5H3,(H,33,37)/t29-/m0/s1. The molecule has 1 atom stereocenters. The number of anilines is 1. The molecule has 0 heterocycles. The molecule has 226 valence electrons. The quantitative estimate of drug-likeness (QED) is 0.262. The molecule has 0 aliphatic rings. The van der Waals surface area contributed by atoms with E-state index in [1.165, 1.54) is 25.2 Å². The second kappa shape index (κ2) is 15.3. The molecule has 10 heteroatoms. The van der Waals surface area contributed by atoms with E-state index in [9.17, 15) is 18.0 Å². The van der Waals surface area contributed by atoms with Crippen LogP contribution in [-0.2, 0) is 32.6 Å². The van der Waals surface area contributed by atoms with Crippen LogP contribution in [0.15, 0.2) is 72.8 Å². The molecule has 0 bridgehead atoms. The molecule has 3 rings (SSSR count). The van der Waals surface area contributed by atoms with Crippen LogP contribution in [0.2, 0.25) is 0 Å². The Kier molecular flexibility index (Phi) is 11.8. The van der Waals surface area contributed by atoms with Crippen LogP contribution in [0, 0.1) is 6.92 Å². The van der Waals surface area contributed by atoms with E-state index in [-0.39, 0.29) is 30.3 Å². The molecular weight excluding hydrogens is 554 g/mol. The van der Waals surface area contributed by atoms with Gasteiger partial charge in [-0.05, 0) is 42.2 Å². The van der Waals surface area contributed by atoms with Crippen molar-refractivity contribution in [2.45, 2.75) is 45.7 Å². The van der Waals surface area contributed by atoms with Crippen LogP contribution in [-0.4, -0.2) is 64.7 Å². The molecule has 9 nitrogen and oxygen atoms in total. The van der Waals surface area contributed by atoms with Crippen molar-refractivity contribution < 1.29 is 27.5 Å². The summed E-state index contributed by atoms with van der Waals surface area (Å²) in [6.45, 7) is 4.03. The Balaban J connectivity index is 2.10. The van der Waals surface area contributed by atoms with Crippen molar-refractivity contribution in [3.63, 3.8) is 0 Å². The van der Waals surface area contributed by atoms with Crippen molar-refractivity contribution in [2.75, 3.05) is 37.9 Å². The Morgan fingerprint density at radius 2 is 1.64 bits per heavy atom. The predicted molar refractivity (Wildman–Crippen MR) is 165 cm³/mol. The van der Waals surface area contributed by atoms with Crippen molar-refractivity contribution in [1.82, 2.24) is 10.2 Å². The molecular formula is C32H41N3O6S. The summed E-state index contributed by atoms with van der Waals surface area (Å²) in [5.41, 5.74) is 2.85. The lowest BCUT2D eigenvalue weighted by Gasteiger charge is -2.34. The molecule has 42 heavy (non-hydrogen) atoms. The van der Waals surface area contributed by atoms with Gasteiger partial charge in [0.1, 0.15) is 24.1 Å². The Bertz CT molecular complexity index is 1450. The lowest BCUT2D eigenvalue weighted by molar-refractivity contribution is -0.140. The van der Waals surface area contributed by atoms with Crippen molar-refractivity contribution in [3.05, 3.63) is 89.5 Å². The highest BCUT2D eigenvalue weighted by Gasteiger charge is 2.34. The monoisotopic (exact) mass is 595 g/mol. The summed E-state index contributed by atoms with van der Waals surface area (Å²) in [7, 11) is -1.06. The molecule has 2 amide bonds. The summed E-state index contributed by atoms with van der Waals surface area (Å²) in [4.78, 5) is 29.5. The van der Waals surface area contributed by atoms with Gasteiger partial charge in [0.2, 0.25) is 21.8 Å². The molecule has 0 radical (unpaired) electrons. The number of amides is 2. The van der Waals surface area contributed by atoms with Crippen LogP contribution >= 0.6 is 0 Å². The number of aryl methyl sites for hydroxylation is 1. The average molecular weight is 596 g/mol. The van der Waals surface area contributed by atoms with E-state index in [2.05, 4.69) is 5.32 Å². The molecule has 3 aromatic carbocycles. The third-order valence-corrected chi connectivity index (χ3v) is 8.16. The minimum absolute atomic E-state index is 0.122. The van der Waals surface area contributed by atoms with Crippen LogP contribution < -0.4 is 19.1 Å². The topological polar surface area (TPSA) is 105 Å². The molecule has 0 aliphatic carbocycles. The number of hydrogen-bond acceptors (Lipinski definition) is 6. The van der Waals surface area contributed by atoms with Gasteiger partial charge in [0.25, 0.3) is 0 Å². The number of unbranched alkanes of at least 4 members (excludes halogenated alkanes) is 1. The maximum absolute atomic E-state index is 14.3. The zero-order chi connectivity index (χ0) is 30.7. The number of methoxy groups -OCH3 is 2. The Hall–Kier alpha value is -4.05. The molecule has 0 spiro atoms. The van der Waals surface area contributed by atoms with Crippen LogP contribution in [0.1, 0.15) is 36.5 Å². The first-order chi connectivity index (χ1) is 20.1. The summed E-state index contributed by atoms with van der Waals surface area (Å²) in [5, 5.41) is 2.99. The predicted octanol–water partition coefficient (Wildman–Crippen LogP) is 4.33. The summed E-state index contributed by atoms with van der Waals surface area (Å²) >= 11 is 0. The number of sulfonamides is 1. The molecule has 0 unspecified atom stereocenters. The Morgan fingerprint density at radius 1 is 0.952 bits per heavy atom. The number of nitrogens with zero attached hydrogens (tertiary/aromatic N) is 2. The van der Waals surface area contributed by atoms with Gasteiger partial charge < -0.3 is 19.7 Å². The van der Waals surface area contributed by atoms with Gasteiger partial charge in [-0.25, -0.2) is 8.42 Å².